The van der Waals surface area contributed by atoms with Crippen LogP contribution >= 0.6 is 12.2 Å². The van der Waals surface area contributed by atoms with Crippen LogP contribution in [-0.4, -0.2) is 28.4 Å². The average Bonchev–Trinajstić information content (AvgIpc) is 3.49. The first kappa shape index (κ1) is 23.1. The Morgan fingerprint density at radius 3 is 2.51 bits per heavy atom. The molecule has 5 rings (SSSR count). The zero-order valence-electron chi connectivity index (χ0n) is 19.8. The van der Waals surface area contributed by atoms with Crippen molar-refractivity contribution in [1.82, 2.24) is 14.9 Å². The van der Waals surface area contributed by atoms with E-state index < -0.39 is 0 Å². The fourth-order valence-electron chi connectivity index (χ4n) is 4.50. The van der Waals surface area contributed by atoms with Crippen molar-refractivity contribution in [2.24, 2.45) is 0 Å². The maximum atomic E-state index is 6.11. The van der Waals surface area contributed by atoms with Crippen molar-refractivity contribution in [1.29, 1.82) is 0 Å². The standard InChI is InChI=1S/C28H28N4O2S/c1-20-8-3-4-11-25(20)34-22-14-12-21(13-15-22)32-27(24-10-7-17-31(24)18-19-33-2)26(30-28(32)35)23-9-5-6-16-29-23/h3-17,26-27H,18-19H2,1-2H3,(H,30,35)/t26-,27-/m1/s1. The van der Waals surface area contributed by atoms with Gasteiger partial charge in [0.2, 0.25) is 0 Å². The summed E-state index contributed by atoms with van der Waals surface area (Å²) in [5.41, 5.74) is 4.17. The lowest BCUT2D eigenvalue weighted by atomic mass is 10.0. The summed E-state index contributed by atoms with van der Waals surface area (Å²) >= 11 is 5.86. The Labute approximate surface area is 211 Å². The number of pyridine rings is 1. The van der Waals surface area contributed by atoms with Crippen molar-refractivity contribution in [2.45, 2.75) is 25.6 Å². The number of hydrogen-bond donors (Lipinski definition) is 1. The summed E-state index contributed by atoms with van der Waals surface area (Å²) in [4.78, 5) is 6.81. The molecule has 3 heterocycles. The van der Waals surface area contributed by atoms with Gasteiger partial charge in [0.25, 0.3) is 0 Å². The van der Waals surface area contributed by atoms with Gasteiger partial charge in [-0.2, -0.15) is 0 Å². The minimum absolute atomic E-state index is 0.0765. The highest BCUT2D eigenvalue weighted by molar-refractivity contribution is 7.80. The van der Waals surface area contributed by atoms with Gasteiger partial charge >= 0.3 is 0 Å². The number of ether oxygens (including phenoxy) is 2. The summed E-state index contributed by atoms with van der Waals surface area (Å²) in [6, 6.07) is 26.1. The molecule has 0 radical (unpaired) electrons. The van der Waals surface area contributed by atoms with E-state index in [1.807, 2.05) is 67.7 Å². The summed E-state index contributed by atoms with van der Waals surface area (Å²) in [5.74, 6) is 1.63. The van der Waals surface area contributed by atoms with E-state index >= 15 is 0 Å². The Hall–Kier alpha value is -3.68. The molecule has 2 aromatic heterocycles. The number of thiocarbonyl (C=S) groups is 1. The van der Waals surface area contributed by atoms with Crippen LogP contribution in [0.4, 0.5) is 5.69 Å². The Kier molecular flexibility index (Phi) is 6.79. The molecule has 1 aliphatic rings. The molecule has 0 amide bonds. The number of aromatic nitrogens is 2. The normalized spacial score (nSPS) is 17.4. The molecule has 0 unspecified atom stereocenters. The third-order valence-corrected chi connectivity index (χ3v) is 6.55. The summed E-state index contributed by atoms with van der Waals surface area (Å²) in [6.07, 6.45) is 3.91. The molecule has 1 saturated heterocycles. The largest absolute Gasteiger partial charge is 0.457 e. The van der Waals surface area contributed by atoms with Gasteiger partial charge in [-0.3, -0.25) is 4.98 Å². The number of benzene rings is 2. The fourth-order valence-corrected chi connectivity index (χ4v) is 4.84. The van der Waals surface area contributed by atoms with Crippen LogP contribution in [0.5, 0.6) is 11.5 Å². The number of anilines is 1. The minimum atomic E-state index is -0.0946. The van der Waals surface area contributed by atoms with E-state index in [1.165, 1.54) is 0 Å². The molecule has 0 aliphatic carbocycles. The second-order valence-corrected chi connectivity index (χ2v) is 8.86. The first-order valence-electron chi connectivity index (χ1n) is 11.6. The highest BCUT2D eigenvalue weighted by Gasteiger charge is 2.42. The van der Waals surface area contributed by atoms with Crippen LogP contribution in [0.2, 0.25) is 0 Å². The van der Waals surface area contributed by atoms with Crippen LogP contribution in [-0.2, 0) is 11.3 Å². The van der Waals surface area contributed by atoms with Gasteiger partial charge in [-0.1, -0.05) is 24.3 Å². The van der Waals surface area contributed by atoms with E-state index in [0.29, 0.717) is 11.7 Å². The van der Waals surface area contributed by atoms with Gasteiger partial charge < -0.3 is 24.3 Å². The first-order chi connectivity index (χ1) is 17.2. The van der Waals surface area contributed by atoms with Crippen LogP contribution in [0, 0.1) is 6.92 Å². The van der Waals surface area contributed by atoms with E-state index in [9.17, 15) is 0 Å². The SMILES string of the molecule is COCCn1cccc1[C@@H]1[C@@H](c2ccccn2)NC(=S)N1c1ccc(Oc2ccccc2C)cc1. The summed E-state index contributed by atoms with van der Waals surface area (Å²) in [6.45, 7) is 3.43. The van der Waals surface area contributed by atoms with Gasteiger partial charge in [-0.25, -0.2) is 0 Å². The number of methoxy groups -OCH3 is 1. The maximum Gasteiger partial charge on any atom is 0.174 e. The monoisotopic (exact) mass is 484 g/mol. The summed E-state index contributed by atoms with van der Waals surface area (Å²) < 4.78 is 13.7. The summed E-state index contributed by atoms with van der Waals surface area (Å²) in [5, 5.41) is 4.19. The molecule has 0 bridgehead atoms. The molecule has 2 atom stereocenters. The first-order valence-corrected chi connectivity index (χ1v) is 12.0. The van der Waals surface area contributed by atoms with Crippen molar-refractivity contribution in [3.63, 3.8) is 0 Å². The van der Waals surface area contributed by atoms with Gasteiger partial charge in [0.1, 0.15) is 17.5 Å². The van der Waals surface area contributed by atoms with Crippen LogP contribution < -0.4 is 15.0 Å². The molecule has 35 heavy (non-hydrogen) atoms. The Morgan fingerprint density at radius 2 is 1.77 bits per heavy atom. The smallest absolute Gasteiger partial charge is 0.174 e. The molecule has 1 aliphatic heterocycles. The van der Waals surface area contributed by atoms with Crippen LogP contribution in [0.25, 0.3) is 0 Å². The minimum Gasteiger partial charge on any atom is -0.457 e. The highest BCUT2D eigenvalue weighted by Crippen LogP contribution is 2.42. The lowest BCUT2D eigenvalue weighted by Gasteiger charge is -2.29. The quantitative estimate of drug-likeness (QED) is 0.319. The van der Waals surface area contributed by atoms with E-state index in [4.69, 9.17) is 21.7 Å². The lowest BCUT2D eigenvalue weighted by molar-refractivity contribution is 0.186. The molecule has 4 aromatic rings. The number of rotatable bonds is 8. The zero-order valence-corrected chi connectivity index (χ0v) is 20.6. The predicted octanol–water partition coefficient (Wildman–Crippen LogP) is 5.81. The van der Waals surface area contributed by atoms with Gasteiger partial charge in [-0.05, 0) is 79.3 Å². The highest BCUT2D eigenvalue weighted by atomic mass is 32.1. The third kappa shape index (κ3) is 4.78. The van der Waals surface area contributed by atoms with Gasteiger partial charge in [-0.15, -0.1) is 0 Å². The lowest BCUT2D eigenvalue weighted by Crippen LogP contribution is -2.30. The van der Waals surface area contributed by atoms with Crippen molar-refractivity contribution >= 4 is 23.0 Å². The Balaban J connectivity index is 1.49. The van der Waals surface area contributed by atoms with E-state index in [0.717, 1.165) is 40.7 Å². The van der Waals surface area contributed by atoms with Crippen LogP contribution in [0.15, 0.2) is 91.3 Å². The number of nitrogens with zero attached hydrogens (tertiary/aromatic N) is 3. The van der Waals surface area contributed by atoms with Crippen molar-refractivity contribution in [2.75, 3.05) is 18.6 Å². The molecule has 178 valence electrons. The maximum absolute atomic E-state index is 6.11. The molecule has 1 fully saturated rings. The van der Waals surface area contributed by atoms with Crippen molar-refractivity contribution in [3.05, 3.63) is 108 Å². The third-order valence-electron chi connectivity index (χ3n) is 6.24. The van der Waals surface area contributed by atoms with Crippen molar-refractivity contribution in [3.8, 4) is 11.5 Å². The van der Waals surface area contributed by atoms with Crippen molar-refractivity contribution < 1.29 is 9.47 Å². The Bertz CT molecular complexity index is 1290. The topological polar surface area (TPSA) is 51.5 Å². The molecule has 0 saturated carbocycles. The molecular formula is C28H28N4O2S. The zero-order chi connectivity index (χ0) is 24.2. The van der Waals surface area contributed by atoms with E-state index in [-0.39, 0.29) is 12.1 Å². The molecular weight excluding hydrogens is 456 g/mol. The molecule has 1 N–H and O–H groups in total. The van der Waals surface area contributed by atoms with Gasteiger partial charge in [0, 0.05) is 37.4 Å². The second-order valence-electron chi connectivity index (χ2n) is 8.48. The van der Waals surface area contributed by atoms with E-state index in [2.05, 4.69) is 50.2 Å². The Morgan fingerprint density at radius 1 is 0.971 bits per heavy atom. The number of hydrogen-bond acceptors (Lipinski definition) is 4. The number of nitrogens with one attached hydrogen (secondary N) is 1. The van der Waals surface area contributed by atoms with Crippen LogP contribution in [0.1, 0.15) is 29.0 Å². The average molecular weight is 485 g/mol. The van der Waals surface area contributed by atoms with E-state index in [1.54, 1.807) is 7.11 Å². The number of aryl methyl sites for hydroxylation is 1. The van der Waals surface area contributed by atoms with Gasteiger partial charge in [0.15, 0.2) is 5.11 Å². The molecule has 6 nitrogen and oxygen atoms in total. The molecule has 0 spiro atoms. The molecule has 2 aromatic carbocycles. The van der Waals surface area contributed by atoms with Crippen LogP contribution in [0.3, 0.4) is 0 Å². The predicted molar refractivity (Wildman–Crippen MR) is 142 cm³/mol. The summed E-state index contributed by atoms with van der Waals surface area (Å²) in [7, 11) is 1.72. The number of para-hydroxylation sites is 1. The fraction of sp³-hybridized carbons (Fsp3) is 0.214. The second kappa shape index (κ2) is 10.3. The van der Waals surface area contributed by atoms with Gasteiger partial charge in [0.05, 0.1) is 18.3 Å². The molecule has 7 heteroatoms.